The van der Waals surface area contributed by atoms with Crippen LogP contribution in [-0.4, -0.2) is 51.3 Å². The van der Waals surface area contributed by atoms with E-state index in [9.17, 15) is 19.2 Å². The number of carbonyl (C=O) groups is 3. The summed E-state index contributed by atoms with van der Waals surface area (Å²) in [5, 5.41) is 3.19. The molecule has 33 heavy (non-hydrogen) atoms. The van der Waals surface area contributed by atoms with E-state index in [1.165, 1.54) is 0 Å². The van der Waals surface area contributed by atoms with Crippen LogP contribution in [0.4, 0.5) is 4.79 Å². The van der Waals surface area contributed by atoms with Gasteiger partial charge in [0.2, 0.25) is 5.91 Å². The lowest BCUT2D eigenvalue weighted by Gasteiger charge is -2.42. The number of pyridine rings is 1. The van der Waals surface area contributed by atoms with Crippen molar-refractivity contribution in [3.63, 3.8) is 0 Å². The number of urea groups is 1. The minimum Gasteiger partial charge on any atom is -0.342 e. The van der Waals surface area contributed by atoms with E-state index in [1.54, 1.807) is 36.4 Å². The minimum absolute atomic E-state index is 0.0128. The number of hydrogen-bond acceptors (Lipinski definition) is 4. The zero-order chi connectivity index (χ0) is 23.1. The first-order valence-electron chi connectivity index (χ1n) is 11.2. The predicted molar refractivity (Wildman–Crippen MR) is 122 cm³/mol. The van der Waals surface area contributed by atoms with Crippen LogP contribution in [0.5, 0.6) is 0 Å². The molecule has 0 saturated carbocycles. The maximum atomic E-state index is 13.0. The Morgan fingerprint density at radius 3 is 2.67 bits per heavy atom. The van der Waals surface area contributed by atoms with Crippen molar-refractivity contribution in [2.24, 2.45) is 5.92 Å². The second-order valence-electron chi connectivity index (χ2n) is 9.05. The van der Waals surface area contributed by atoms with Gasteiger partial charge in [-0.3, -0.25) is 19.3 Å². The number of benzene rings is 1. The SMILES string of the molecule is O=C(CCC1NC(=O)N(Cc2ccccc2Cl)C1=O)N1C[C@H]2C[C@@H](C1)c1cccc(=O)n1C2. The molecule has 8 nitrogen and oxygen atoms in total. The van der Waals surface area contributed by atoms with E-state index in [2.05, 4.69) is 5.32 Å². The van der Waals surface area contributed by atoms with Gasteiger partial charge in [-0.2, -0.15) is 0 Å². The van der Waals surface area contributed by atoms with E-state index in [0.717, 1.165) is 17.0 Å². The standard InChI is InChI=1S/C24H25ClN4O4/c25-18-5-2-1-4-16(18)14-29-23(32)19(26-24(29)33)8-9-21(30)27-11-15-10-17(13-27)20-6-3-7-22(31)28(20)12-15/h1-7,15,17,19H,8-14H2,(H,26,33)/t15-,17+,19?/m1/s1. The average Bonchev–Trinajstić information content (AvgIpc) is 3.07. The number of nitrogens with one attached hydrogen (secondary N) is 1. The molecule has 3 aliphatic rings. The molecule has 2 saturated heterocycles. The van der Waals surface area contributed by atoms with Gasteiger partial charge in [0.1, 0.15) is 6.04 Å². The van der Waals surface area contributed by atoms with Gasteiger partial charge in [-0.25, -0.2) is 4.79 Å². The monoisotopic (exact) mass is 468 g/mol. The lowest BCUT2D eigenvalue weighted by Crippen LogP contribution is -2.49. The van der Waals surface area contributed by atoms with Crippen LogP contribution >= 0.6 is 11.6 Å². The summed E-state index contributed by atoms with van der Waals surface area (Å²) in [6.45, 7) is 1.91. The van der Waals surface area contributed by atoms with Crippen LogP contribution in [0.25, 0.3) is 0 Å². The van der Waals surface area contributed by atoms with Gasteiger partial charge in [-0.15, -0.1) is 0 Å². The third kappa shape index (κ3) is 4.15. The molecule has 2 bridgehead atoms. The minimum atomic E-state index is -0.715. The van der Waals surface area contributed by atoms with E-state index in [-0.39, 0.29) is 48.6 Å². The number of hydrogen-bond donors (Lipinski definition) is 1. The molecule has 1 aromatic carbocycles. The third-order valence-corrected chi connectivity index (χ3v) is 7.24. The number of amides is 4. The molecule has 4 amide bonds. The molecule has 0 radical (unpaired) electrons. The van der Waals surface area contributed by atoms with Crippen molar-refractivity contribution in [2.45, 2.75) is 44.3 Å². The number of piperidine rings is 1. The van der Waals surface area contributed by atoms with Crippen LogP contribution in [0.1, 0.15) is 36.4 Å². The van der Waals surface area contributed by atoms with Gasteiger partial charge in [0, 0.05) is 48.8 Å². The summed E-state index contributed by atoms with van der Waals surface area (Å²) in [5.41, 5.74) is 1.70. The first-order chi connectivity index (χ1) is 15.9. The average molecular weight is 469 g/mol. The normalized spacial score (nSPS) is 24.0. The fraction of sp³-hybridized carbons (Fsp3) is 0.417. The van der Waals surface area contributed by atoms with Gasteiger partial charge in [0.15, 0.2) is 0 Å². The summed E-state index contributed by atoms with van der Waals surface area (Å²) >= 11 is 6.16. The van der Waals surface area contributed by atoms with Crippen molar-refractivity contribution in [2.75, 3.05) is 13.1 Å². The molecule has 3 atom stereocenters. The van der Waals surface area contributed by atoms with Crippen molar-refractivity contribution in [1.82, 2.24) is 19.7 Å². The molecule has 5 rings (SSSR count). The van der Waals surface area contributed by atoms with Gasteiger partial charge in [-0.05, 0) is 36.5 Å². The maximum absolute atomic E-state index is 13.0. The fourth-order valence-corrected chi connectivity index (χ4v) is 5.44. The fourth-order valence-electron chi connectivity index (χ4n) is 5.25. The van der Waals surface area contributed by atoms with Gasteiger partial charge in [-0.1, -0.05) is 35.9 Å². The van der Waals surface area contributed by atoms with Crippen molar-refractivity contribution in [1.29, 1.82) is 0 Å². The molecule has 0 spiro atoms. The summed E-state index contributed by atoms with van der Waals surface area (Å²) in [6, 6.07) is 11.2. The third-order valence-electron chi connectivity index (χ3n) is 6.87. The molecule has 9 heteroatoms. The Kier molecular flexibility index (Phi) is 5.70. The van der Waals surface area contributed by atoms with Crippen LogP contribution in [0.3, 0.4) is 0 Å². The number of rotatable bonds is 5. The number of halogens is 1. The van der Waals surface area contributed by atoms with Crippen LogP contribution < -0.4 is 10.9 Å². The van der Waals surface area contributed by atoms with E-state index in [4.69, 9.17) is 11.6 Å². The number of imide groups is 1. The Morgan fingerprint density at radius 1 is 1.03 bits per heavy atom. The Labute approximate surface area is 196 Å². The molecular formula is C24H25ClN4O4. The van der Waals surface area contributed by atoms with Gasteiger partial charge in [0.25, 0.3) is 11.5 Å². The Balaban J connectivity index is 1.20. The molecule has 4 heterocycles. The molecule has 1 N–H and O–H groups in total. The zero-order valence-corrected chi connectivity index (χ0v) is 18.8. The highest BCUT2D eigenvalue weighted by molar-refractivity contribution is 6.31. The molecule has 172 valence electrons. The van der Waals surface area contributed by atoms with Crippen LogP contribution in [0.15, 0.2) is 47.3 Å². The molecule has 2 fully saturated rings. The Bertz CT molecular complexity index is 1180. The van der Waals surface area contributed by atoms with Gasteiger partial charge >= 0.3 is 6.03 Å². The highest BCUT2D eigenvalue weighted by Gasteiger charge is 2.40. The number of fused-ring (bicyclic) bond motifs is 4. The van der Waals surface area contributed by atoms with Gasteiger partial charge in [0.05, 0.1) is 6.54 Å². The van der Waals surface area contributed by atoms with E-state index in [1.807, 2.05) is 15.5 Å². The second-order valence-corrected chi connectivity index (χ2v) is 9.46. The molecule has 2 aromatic rings. The summed E-state index contributed by atoms with van der Waals surface area (Å²) < 4.78 is 1.83. The summed E-state index contributed by atoms with van der Waals surface area (Å²) in [4.78, 5) is 53.3. The molecular weight excluding hydrogens is 444 g/mol. The first kappa shape index (κ1) is 21.7. The summed E-state index contributed by atoms with van der Waals surface area (Å²) in [6.07, 6.45) is 1.41. The molecule has 0 aliphatic carbocycles. The van der Waals surface area contributed by atoms with Crippen molar-refractivity contribution >= 4 is 29.4 Å². The molecule has 1 aromatic heterocycles. The number of nitrogens with zero attached hydrogens (tertiary/aromatic N) is 3. The van der Waals surface area contributed by atoms with E-state index in [0.29, 0.717) is 30.2 Å². The first-order valence-corrected chi connectivity index (χ1v) is 11.6. The molecule has 3 aliphatic heterocycles. The van der Waals surface area contributed by atoms with Crippen molar-refractivity contribution in [3.8, 4) is 0 Å². The Hall–Kier alpha value is -3.13. The van der Waals surface area contributed by atoms with Crippen molar-refractivity contribution < 1.29 is 14.4 Å². The number of carbonyl (C=O) groups excluding carboxylic acids is 3. The molecule has 1 unspecified atom stereocenters. The zero-order valence-electron chi connectivity index (χ0n) is 18.1. The number of aromatic nitrogens is 1. The largest absolute Gasteiger partial charge is 0.342 e. The smallest absolute Gasteiger partial charge is 0.325 e. The predicted octanol–water partition coefficient (Wildman–Crippen LogP) is 2.35. The Morgan fingerprint density at radius 2 is 1.85 bits per heavy atom. The van der Waals surface area contributed by atoms with Gasteiger partial charge < -0.3 is 14.8 Å². The van der Waals surface area contributed by atoms with Crippen molar-refractivity contribution in [3.05, 3.63) is 69.1 Å². The highest BCUT2D eigenvalue weighted by atomic mass is 35.5. The summed E-state index contributed by atoms with van der Waals surface area (Å²) in [5.74, 6) is 0.0353. The highest BCUT2D eigenvalue weighted by Crippen LogP contribution is 2.35. The van der Waals surface area contributed by atoms with Crippen LogP contribution in [0, 0.1) is 5.92 Å². The second kappa shape index (κ2) is 8.67. The topological polar surface area (TPSA) is 91.7 Å². The summed E-state index contributed by atoms with van der Waals surface area (Å²) in [7, 11) is 0. The van der Waals surface area contributed by atoms with Crippen LogP contribution in [-0.2, 0) is 22.7 Å². The lowest BCUT2D eigenvalue weighted by molar-refractivity contribution is -0.134. The lowest BCUT2D eigenvalue weighted by atomic mass is 9.83. The van der Waals surface area contributed by atoms with E-state index >= 15 is 0 Å². The van der Waals surface area contributed by atoms with Crippen LogP contribution in [0.2, 0.25) is 5.02 Å². The number of likely N-dealkylation sites (tertiary alicyclic amines) is 1. The maximum Gasteiger partial charge on any atom is 0.325 e. The quantitative estimate of drug-likeness (QED) is 0.682. The van der Waals surface area contributed by atoms with E-state index < -0.39 is 12.1 Å².